The van der Waals surface area contributed by atoms with Gasteiger partial charge < -0.3 is 4.90 Å². The highest BCUT2D eigenvalue weighted by molar-refractivity contribution is 8.00. The monoisotopic (exact) mass is 288 g/mol. The molecule has 3 nitrogen and oxygen atoms in total. The first-order chi connectivity index (χ1) is 9.58. The molecule has 0 saturated carbocycles. The van der Waals surface area contributed by atoms with Gasteiger partial charge in [0.05, 0.1) is 12.5 Å². The van der Waals surface area contributed by atoms with Crippen molar-refractivity contribution in [3.63, 3.8) is 0 Å². The number of hydrogen-bond acceptors (Lipinski definition) is 3. The Morgan fingerprint density at radius 3 is 2.45 bits per heavy atom. The lowest BCUT2D eigenvalue weighted by Crippen LogP contribution is -2.44. The second kappa shape index (κ2) is 6.32. The molecule has 0 aromatic heterocycles. The molecule has 0 aliphatic carbocycles. The van der Waals surface area contributed by atoms with Crippen molar-refractivity contribution in [1.82, 2.24) is 4.90 Å². The number of amides is 1. The summed E-state index contributed by atoms with van der Waals surface area (Å²) in [5.41, 5.74) is 2.26. The van der Waals surface area contributed by atoms with Crippen molar-refractivity contribution in [2.24, 2.45) is 0 Å². The molecule has 1 aliphatic heterocycles. The maximum Gasteiger partial charge on any atom is 0.226 e. The number of aryl methyl sites for hydroxylation is 1. The SMILES string of the molecule is CSC1(C#N)CCN(C(=O)Cc2ccc(C)cc2)CC1. The fourth-order valence-corrected chi connectivity index (χ4v) is 3.15. The summed E-state index contributed by atoms with van der Waals surface area (Å²) < 4.78 is -0.291. The summed E-state index contributed by atoms with van der Waals surface area (Å²) in [6.07, 6.45) is 3.97. The fraction of sp³-hybridized carbons (Fsp3) is 0.500. The van der Waals surface area contributed by atoms with Gasteiger partial charge in [-0.1, -0.05) is 29.8 Å². The summed E-state index contributed by atoms with van der Waals surface area (Å²) in [4.78, 5) is 14.2. The molecule has 0 atom stereocenters. The lowest BCUT2D eigenvalue weighted by molar-refractivity contribution is -0.131. The summed E-state index contributed by atoms with van der Waals surface area (Å²) >= 11 is 1.61. The Morgan fingerprint density at radius 1 is 1.35 bits per heavy atom. The molecule has 20 heavy (non-hydrogen) atoms. The first kappa shape index (κ1) is 14.9. The van der Waals surface area contributed by atoms with Crippen LogP contribution in [0.4, 0.5) is 0 Å². The third kappa shape index (κ3) is 3.34. The zero-order valence-corrected chi connectivity index (χ0v) is 12.9. The van der Waals surface area contributed by atoms with Gasteiger partial charge >= 0.3 is 0 Å². The number of nitrogens with zero attached hydrogens (tertiary/aromatic N) is 2. The molecule has 1 fully saturated rings. The fourth-order valence-electron chi connectivity index (χ4n) is 2.47. The maximum absolute atomic E-state index is 12.3. The number of benzene rings is 1. The van der Waals surface area contributed by atoms with Crippen LogP contribution in [0.25, 0.3) is 0 Å². The molecule has 1 aliphatic rings. The number of nitriles is 1. The molecule has 0 radical (unpaired) electrons. The number of carbonyl (C=O) groups excluding carboxylic acids is 1. The van der Waals surface area contributed by atoms with Crippen molar-refractivity contribution in [1.29, 1.82) is 5.26 Å². The van der Waals surface area contributed by atoms with Gasteiger partial charge in [0, 0.05) is 13.1 Å². The average molecular weight is 288 g/mol. The van der Waals surface area contributed by atoms with E-state index in [-0.39, 0.29) is 10.7 Å². The molecule has 0 spiro atoms. The van der Waals surface area contributed by atoms with E-state index in [1.54, 1.807) is 11.8 Å². The predicted molar refractivity (Wildman–Crippen MR) is 82.6 cm³/mol. The Bertz CT molecular complexity index is 510. The van der Waals surface area contributed by atoms with Crippen molar-refractivity contribution in [2.75, 3.05) is 19.3 Å². The Morgan fingerprint density at radius 2 is 1.95 bits per heavy atom. The van der Waals surface area contributed by atoms with E-state index >= 15 is 0 Å². The smallest absolute Gasteiger partial charge is 0.226 e. The first-order valence-corrected chi connectivity index (χ1v) is 8.11. The van der Waals surface area contributed by atoms with Crippen LogP contribution in [-0.4, -0.2) is 34.9 Å². The third-order valence-corrected chi connectivity index (χ3v) is 5.28. The van der Waals surface area contributed by atoms with Gasteiger partial charge in [-0.05, 0) is 31.6 Å². The molecule has 0 unspecified atom stereocenters. The van der Waals surface area contributed by atoms with E-state index < -0.39 is 0 Å². The molecule has 0 bridgehead atoms. The molecule has 106 valence electrons. The van der Waals surface area contributed by atoms with Gasteiger partial charge in [-0.25, -0.2) is 0 Å². The van der Waals surface area contributed by atoms with Crippen molar-refractivity contribution < 1.29 is 4.79 Å². The van der Waals surface area contributed by atoms with E-state index in [1.807, 2.05) is 42.3 Å². The molecule has 1 amide bonds. The Balaban J connectivity index is 1.92. The van der Waals surface area contributed by atoms with Crippen molar-refractivity contribution >= 4 is 17.7 Å². The third-order valence-electron chi connectivity index (χ3n) is 3.99. The van der Waals surface area contributed by atoms with Gasteiger partial charge in [0.15, 0.2) is 0 Å². The average Bonchev–Trinajstić information content (AvgIpc) is 2.49. The largest absolute Gasteiger partial charge is 0.342 e. The number of rotatable bonds is 3. The van der Waals surface area contributed by atoms with Crippen LogP contribution >= 0.6 is 11.8 Å². The minimum Gasteiger partial charge on any atom is -0.342 e. The van der Waals surface area contributed by atoms with Crippen LogP contribution in [-0.2, 0) is 11.2 Å². The van der Waals surface area contributed by atoms with Crippen LogP contribution in [0.1, 0.15) is 24.0 Å². The summed E-state index contributed by atoms with van der Waals surface area (Å²) in [7, 11) is 0. The van der Waals surface area contributed by atoms with Crippen LogP contribution in [0.5, 0.6) is 0 Å². The van der Waals surface area contributed by atoms with E-state index in [0.29, 0.717) is 19.5 Å². The van der Waals surface area contributed by atoms with Gasteiger partial charge in [0.1, 0.15) is 4.75 Å². The number of carbonyl (C=O) groups is 1. The molecule has 2 rings (SSSR count). The highest BCUT2D eigenvalue weighted by Gasteiger charge is 2.35. The molecular weight excluding hydrogens is 268 g/mol. The van der Waals surface area contributed by atoms with E-state index in [1.165, 1.54) is 5.56 Å². The van der Waals surface area contributed by atoms with Crippen LogP contribution in [0, 0.1) is 18.3 Å². The second-order valence-electron chi connectivity index (χ2n) is 5.35. The van der Waals surface area contributed by atoms with Crippen LogP contribution in [0.2, 0.25) is 0 Å². The van der Waals surface area contributed by atoms with Gasteiger partial charge in [-0.3, -0.25) is 4.79 Å². The summed E-state index contributed by atoms with van der Waals surface area (Å²) in [5.74, 6) is 0.168. The minimum absolute atomic E-state index is 0.168. The highest BCUT2D eigenvalue weighted by Crippen LogP contribution is 2.33. The molecule has 4 heteroatoms. The van der Waals surface area contributed by atoms with Gasteiger partial charge in [-0.15, -0.1) is 11.8 Å². The Labute approximate surface area is 125 Å². The van der Waals surface area contributed by atoms with Crippen molar-refractivity contribution in [3.8, 4) is 6.07 Å². The highest BCUT2D eigenvalue weighted by atomic mass is 32.2. The minimum atomic E-state index is -0.291. The summed E-state index contributed by atoms with van der Waals surface area (Å²) in [6, 6.07) is 10.5. The topological polar surface area (TPSA) is 44.1 Å². The molecular formula is C16H20N2OS. The number of hydrogen-bond donors (Lipinski definition) is 0. The van der Waals surface area contributed by atoms with E-state index in [2.05, 4.69) is 6.07 Å². The van der Waals surface area contributed by atoms with E-state index in [9.17, 15) is 10.1 Å². The van der Waals surface area contributed by atoms with Crippen molar-refractivity contribution in [3.05, 3.63) is 35.4 Å². The zero-order valence-electron chi connectivity index (χ0n) is 12.1. The lowest BCUT2D eigenvalue weighted by atomic mass is 9.96. The quantitative estimate of drug-likeness (QED) is 0.859. The number of thioether (sulfide) groups is 1. The van der Waals surface area contributed by atoms with Crippen LogP contribution < -0.4 is 0 Å². The number of likely N-dealkylation sites (tertiary alicyclic amines) is 1. The Kier molecular flexibility index (Phi) is 4.72. The predicted octanol–water partition coefficient (Wildman–Crippen LogP) is 2.79. The lowest BCUT2D eigenvalue weighted by Gasteiger charge is -2.36. The normalized spacial score (nSPS) is 17.6. The van der Waals surface area contributed by atoms with E-state index in [0.717, 1.165) is 18.4 Å². The second-order valence-corrected chi connectivity index (χ2v) is 6.54. The summed E-state index contributed by atoms with van der Waals surface area (Å²) in [6.45, 7) is 3.43. The van der Waals surface area contributed by atoms with Gasteiger partial charge in [-0.2, -0.15) is 5.26 Å². The van der Waals surface area contributed by atoms with Crippen LogP contribution in [0.3, 0.4) is 0 Å². The summed E-state index contributed by atoms with van der Waals surface area (Å²) in [5, 5.41) is 9.25. The van der Waals surface area contributed by atoms with Gasteiger partial charge in [0.25, 0.3) is 0 Å². The zero-order chi connectivity index (χ0) is 14.6. The van der Waals surface area contributed by atoms with Crippen LogP contribution in [0.15, 0.2) is 24.3 Å². The number of piperidine rings is 1. The van der Waals surface area contributed by atoms with Gasteiger partial charge in [0.2, 0.25) is 5.91 Å². The molecule has 0 N–H and O–H groups in total. The molecule has 1 aromatic rings. The molecule has 1 heterocycles. The maximum atomic E-state index is 12.3. The van der Waals surface area contributed by atoms with Crippen molar-refractivity contribution in [2.45, 2.75) is 30.9 Å². The Hall–Kier alpha value is -1.47. The standard InChI is InChI=1S/C16H20N2OS/c1-13-3-5-14(6-4-13)11-15(19)18-9-7-16(12-17,20-2)8-10-18/h3-6H,7-11H2,1-2H3. The molecule has 1 aromatic carbocycles. The van der Waals surface area contributed by atoms with E-state index in [4.69, 9.17) is 0 Å². The first-order valence-electron chi connectivity index (χ1n) is 6.88. The molecule has 1 saturated heterocycles.